The zero-order valence-electron chi connectivity index (χ0n) is 10.1. The van der Waals surface area contributed by atoms with Crippen molar-refractivity contribution < 1.29 is 0 Å². The molecule has 90 valence electrons. The molecule has 1 aliphatic rings. The number of aromatic amines is 1. The number of aromatic nitrogens is 2. The van der Waals surface area contributed by atoms with E-state index in [9.17, 15) is 0 Å². The molecular weight excluding hydrogens is 222 g/mol. The SMILES string of the molecule is c1cc2[nH]c3cc(C4CCCN4)ccc3c2cn1. The predicted octanol–water partition coefficient (Wildman–Crippen LogP) is 3.14. The lowest BCUT2D eigenvalue weighted by molar-refractivity contribution is 0.648. The third kappa shape index (κ3) is 1.44. The van der Waals surface area contributed by atoms with Crippen molar-refractivity contribution in [2.75, 3.05) is 6.54 Å². The Kier molecular flexibility index (Phi) is 2.14. The van der Waals surface area contributed by atoms with Crippen LogP contribution < -0.4 is 5.32 Å². The second-order valence-corrected chi connectivity index (χ2v) is 5.00. The number of fused-ring (bicyclic) bond motifs is 3. The van der Waals surface area contributed by atoms with Crippen LogP contribution in [0.3, 0.4) is 0 Å². The summed E-state index contributed by atoms with van der Waals surface area (Å²) >= 11 is 0. The summed E-state index contributed by atoms with van der Waals surface area (Å²) in [6.45, 7) is 1.14. The average molecular weight is 237 g/mol. The quantitative estimate of drug-likeness (QED) is 0.682. The van der Waals surface area contributed by atoms with Crippen molar-refractivity contribution in [3.8, 4) is 0 Å². The van der Waals surface area contributed by atoms with Crippen LogP contribution in [0.5, 0.6) is 0 Å². The van der Waals surface area contributed by atoms with Crippen LogP contribution in [-0.4, -0.2) is 16.5 Å². The normalized spacial score (nSPS) is 19.9. The van der Waals surface area contributed by atoms with Crippen LogP contribution in [0.15, 0.2) is 36.7 Å². The molecule has 1 fully saturated rings. The van der Waals surface area contributed by atoms with Crippen LogP contribution in [0.1, 0.15) is 24.4 Å². The number of nitrogens with one attached hydrogen (secondary N) is 2. The first-order valence-electron chi connectivity index (χ1n) is 6.50. The molecule has 3 heteroatoms. The van der Waals surface area contributed by atoms with E-state index in [-0.39, 0.29) is 0 Å². The van der Waals surface area contributed by atoms with Crippen LogP contribution >= 0.6 is 0 Å². The van der Waals surface area contributed by atoms with Gasteiger partial charge in [-0.25, -0.2) is 0 Å². The summed E-state index contributed by atoms with van der Waals surface area (Å²) in [7, 11) is 0. The lowest BCUT2D eigenvalue weighted by Gasteiger charge is -2.10. The van der Waals surface area contributed by atoms with Crippen LogP contribution in [0.2, 0.25) is 0 Å². The van der Waals surface area contributed by atoms with Crippen molar-refractivity contribution in [3.63, 3.8) is 0 Å². The van der Waals surface area contributed by atoms with Crippen molar-refractivity contribution in [3.05, 3.63) is 42.2 Å². The predicted molar refractivity (Wildman–Crippen MR) is 73.6 cm³/mol. The molecule has 0 bridgehead atoms. The van der Waals surface area contributed by atoms with Gasteiger partial charge in [-0.2, -0.15) is 0 Å². The van der Waals surface area contributed by atoms with E-state index >= 15 is 0 Å². The molecule has 0 spiro atoms. The van der Waals surface area contributed by atoms with E-state index in [1.165, 1.54) is 34.7 Å². The summed E-state index contributed by atoms with van der Waals surface area (Å²) in [6.07, 6.45) is 6.28. The van der Waals surface area contributed by atoms with E-state index < -0.39 is 0 Å². The van der Waals surface area contributed by atoms with Crippen LogP contribution in [0.25, 0.3) is 21.8 Å². The Balaban J connectivity index is 1.92. The van der Waals surface area contributed by atoms with Gasteiger partial charge in [0.05, 0.1) is 0 Å². The smallest absolute Gasteiger partial charge is 0.0495 e. The van der Waals surface area contributed by atoms with Crippen molar-refractivity contribution in [1.82, 2.24) is 15.3 Å². The second kappa shape index (κ2) is 3.82. The van der Waals surface area contributed by atoms with Gasteiger partial charge in [0.25, 0.3) is 0 Å². The van der Waals surface area contributed by atoms with Crippen LogP contribution in [0, 0.1) is 0 Å². The average Bonchev–Trinajstić information content (AvgIpc) is 3.05. The van der Waals surface area contributed by atoms with E-state index in [1.54, 1.807) is 0 Å². The molecule has 3 heterocycles. The Morgan fingerprint density at radius 2 is 2.11 bits per heavy atom. The lowest BCUT2D eigenvalue weighted by Crippen LogP contribution is -2.12. The van der Waals surface area contributed by atoms with Gasteiger partial charge in [-0.3, -0.25) is 4.98 Å². The first-order chi connectivity index (χ1) is 8.92. The number of rotatable bonds is 1. The molecule has 1 aromatic carbocycles. The highest BCUT2D eigenvalue weighted by Gasteiger charge is 2.16. The standard InChI is InChI=1S/C15H15N3/c1-2-13(17-6-1)10-3-4-11-12-9-16-7-5-14(12)18-15(11)8-10/h3-5,7-9,13,17-18H,1-2,6H2. The van der Waals surface area contributed by atoms with Crippen LogP contribution in [0.4, 0.5) is 0 Å². The molecular formula is C15H15N3. The van der Waals surface area contributed by atoms with Gasteiger partial charge in [0.15, 0.2) is 0 Å². The summed E-state index contributed by atoms with van der Waals surface area (Å²) in [5.74, 6) is 0. The van der Waals surface area contributed by atoms with Gasteiger partial charge in [0.2, 0.25) is 0 Å². The fourth-order valence-corrected chi connectivity index (χ4v) is 2.95. The Morgan fingerprint density at radius 1 is 1.11 bits per heavy atom. The highest BCUT2D eigenvalue weighted by molar-refractivity contribution is 6.06. The Morgan fingerprint density at radius 3 is 3.00 bits per heavy atom. The molecule has 1 atom stereocenters. The van der Waals surface area contributed by atoms with Gasteiger partial charge in [-0.05, 0) is 37.1 Å². The topological polar surface area (TPSA) is 40.7 Å². The Bertz CT molecular complexity index is 708. The second-order valence-electron chi connectivity index (χ2n) is 5.00. The maximum absolute atomic E-state index is 4.20. The third-order valence-corrected chi connectivity index (χ3v) is 3.89. The van der Waals surface area contributed by atoms with Gasteiger partial charge in [-0.1, -0.05) is 12.1 Å². The molecule has 4 rings (SSSR count). The molecule has 2 N–H and O–H groups in total. The van der Waals surface area contributed by atoms with E-state index in [1.807, 2.05) is 18.5 Å². The summed E-state index contributed by atoms with van der Waals surface area (Å²) in [5.41, 5.74) is 3.76. The van der Waals surface area contributed by atoms with E-state index in [0.717, 1.165) is 12.1 Å². The van der Waals surface area contributed by atoms with Crippen molar-refractivity contribution in [2.24, 2.45) is 0 Å². The molecule has 1 aliphatic heterocycles. The highest BCUT2D eigenvalue weighted by Crippen LogP contribution is 2.29. The summed E-state index contributed by atoms with van der Waals surface area (Å²) < 4.78 is 0. The number of hydrogen-bond acceptors (Lipinski definition) is 2. The van der Waals surface area contributed by atoms with E-state index in [4.69, 9.17) is 0 Å². The molecule has 1 unspecified atom stereocenters. The summed E-state index contributed by atoms with van der Waals surface area (Å²) in [5, 5.41) is 6.02. The minimum atomic E-state index is 0.527. The van der Waals surface area contributed by atoms with Crippen molar-refractivity contribution in [1.29, 1.82) is 0 Å². The zero-order chi connectivity index (χ0) is 11.9. The van der Waals surface area contributed by atoms with Gasteiger partial charge >= 0.3 is 0 Å². The number of pyridine rings is 1. The van der Waals surface area contributed by atoms with Gasteiger partial charge in [0, 0.05) is 40.2 Å². The Hall–Kier alpha value is -1.87. The number of benzene rings is 1. The molecule has 2 aromatic heterocycles. The maximum Gasteiger partial charge on any atom is 0.0495 e. The first-order valence-corrected chi connectivity index (χ1v) is 6.50. The minimum Gasteiger partial charge on any atom is -0.354 e. The number of nitrogens with zero attached hydrogens (tertiary/aromatic N) is 1. The van der Waals surface area contributed by atoms with Gasteiger partial charge in [0.1, 0.15) is 0 Å². The van der Waals surface area contributed by atoms with Crippen LogP contribution in [-0.2, 0) is 0 Å². The zero-order valence-corrected chi connectivity index (χ0v) is 10.1. The molecule has 3 aromatic rings. The third-order valence-electron chi connectivity index (χ3n) is 3.89. The minimum absolute atomic E-state index is 0.527. The van der Waals surface area contributed by atoms with Crippen molar-refractivity contribution >= 4 is 21.8 Å². The molecule has 0 amide bonds. The lowest BCUT2D eigenvalue weighted by atomic mass is 10.0. The fourth-order valence-electron chi connectivity index (χ4n) is 2.95. The number of hydrogen-bond donors (Lipinski definition) is 2. The molecule has 0 radical (unpaired) electrons. The molecule has 3 nitrogen and oxygen atoms in total. The monoisotopic (exact) mass is 237 g/mol. The van der Waals surface area contributed by atoms with E-state index in [2.05, 4.69) is 33.5 Å². The Labute approximate surface area is 105 Å². The molecule has 18 heavy (non-hydrogen) atoms. The summed E-state index contributed by atoms with van der Waals surface area (Å²) in [6, 6.07) is 9.29. The van der Waals surface area contributed by atoms with Gasteiger partial charge in [-0.15, -0.1) is 0 Å². The molecule has 1 saturated heterocycles. The highest BCUT2D eigenvalue weighted by atomic mass is 14.9. The van der Waals surface area contributed by atoms with Gasteiger partial charge < -0.3 is 10.3 Å². The molecule has 0 saturated carbocycles. The summed E-state index contributed by atoms with van der Waals surface area (Å²) in [4.78, 5) is 7.68. The van der Waals surface area contributed by atoms with Crippen molar-refractivity contribution in [2.45, 2.75) is 18.9 Å². The largest absolute Gasteiger partial charge is 0.354 e. The first kappa shape index (κ1) is 10.1. The maximum atomic E-state index is 4.20. The van der Waals surface area contributed by atoms with E-state index in [0.29, 0.717) is 6.04 Å². The fraction of sp³-hybridized carbons (Fsp3) is 0.267. The molecule has 0 aliphatic carbocycles. The number of H-pyrrole nitrogens is 1.